The predicted octanol–water partition coefficient (Wildman–Crippen LogP) is 0.110. The summed E-state index contributed by atoms with van der Waals surface area (Å²) in [7, 11) is 0. The quantitative estimate of drug-likeness (QED) is 0.198. The summed E-state index contributed by atoms with van der Waals surface area (Å²) >= 11 is 1.18. The molecule has 1 aromatic rings. The number of rotatable bonds is 5. The Balaban J connectivity index is 3.16. The molecule has 0 aliphatic heterocycles. The second-order valence-electron chi connectivity index (χ2n) is 3.74. The number of hydrogen-bond donors (Lipinski definition) is 2. The van der Waals surface area contributed by atoms with E-state index in [0.29, 0.717) is 10.7 Å². The summed E-state index contributed by atoms with van der Waals surface area (Å²) in [6.07, 6.45) is 1.25. The second kappa shape index (κ2) is 7.06. The van der Waals surface area contributed by atoms with Gasteiger partial charge in [0.1, 0.15) is 17.0 Å². The van der Waals surface area contributed by atoms with Crippen molar-refractivity contribution in [3.05, 3.63) is 11.3 Å². The van der Waals surface area contributed by atoms with Gasteiger partial charge in [-0.25, -0.2) is 10.6 Å². The molecule has 0 atom stereocenters. The minimum absolute atomic E-state index is 0.223. The van der Waals surface area contributed by atoms with Crippen LogP contribution in [0.2, 0.25) is 0 Å². The fourth-order valence-corrected chi connectivity index (χ4v) is 2.32. The van der Waals surface area contributed by atoms with Crippen molar-refractivity contribution >= 4 is 29.5 Å². The van der Waals surface area contributed by atoms with Crippen LogP contribution in [-0.4, -0.2) is 40.4 Å². The lowest BCUT2D eigenvalue weighted by atomic mass is 10.3. The molecule has 8 nitrogen and oxygen atoms in total. The molecule has 0 fully saturated rings. The van der Waals surface area contributed by atoms with Gasteiger partial charge in [-0.15, -0.1) is 11.8 Å². The Morgan fingerprint density at radius 2 is 2.10 bits per heavy atom. The number of nitrogens with one attached hydrogen (secondary N) is 1. The van der Waals surface area contributed by atoms with Gasteiger partial charge in [0.05, 0.1) is 12.3 Å². The lowest BCUT2D eigenvalue weighted by Crippen LogP contribution is -2.33. The minimum atomic E-state index is -0.632. The molecule has 0 bridgehead atoms. The van der Waals surface area contributed by atoms with Gasteiger partial charge in [-0.1, -0.05) is 0 Å². The number of amides is 1. The third kappa shape index (κ3) is 3.36. The molecule has 0 aliphatic rings. The highest BCUT2D eigenvalue weighted by Crippen LogP contribution is 2.24. The highest BCUT2D eigenvalue weighted by atomic mass is 32.2. The van der Waals surface area contributed by atoms with Crippen LogP contribution in [0.25, 0.3) is 0 Å². The van der Waals surface area contributed by atoms with E-state index in [9.17, 15) is 14.4 Å². The smallest absolute Gasteiger partial charge is 0.342 e. The summed E-state index contributed by atoms with van der Waals surface area (Å²) in [5.41, 5.74) is 2.47. The zero-order valence-electron chi connectivity index (χ0n) is 11.4. The predicted molar refractivity (Wildman–Crippen MR) is 72.3 cm³/mol. The van der Waals surface area contributed by atoms with Crippen LogP contribution in [0.4, 0.5) is 0 Å². The van der Waals surface area contributed by atoms with Crippen LogP contribution in [0.3, 0.4) is 0 Å². The molecular weight excluding hydrogens is 284 g/mol. The van der Waals surface area contributed by atoms with Crippen molar-refractivity contribution in [2.45, 2.75) is 25.3 Å². The van der Waals surface area contributed by atoms with Gasteiger partial charge in [0.2, 0.25) is 5.91 Å². The van der Waals surface area contributed by atoms with Gasteiger partial charge in [0.15, 0.2) is 0 Å². The number of thioether (sulfide) groups is 1. The van der Waals surface area contributed by atoms with Crippen molar-refractivity contribution in [2.24, 2.45) is 5.84 Å². The zero-order chi connectivity index (χ0) is 15.3. The van der Waals surface area contributed by atoms with Crippen molar-refractivity contribution in [1.29, 1.82) is 0 Å². The maximum Gasteiger partial charge on any atom is 0.342 e. The highest BCUT2D eigenvalue weighted by Gasteiger charge is 2.25. The van der Waals surface area contributed by atoms with Crippen molar-refractivity contribution in [2.75, 3.05) is 12.9 Å². The average Bonchev–Trinajstić information content (AvgIpc) is 2.75. The third-order valence-electron chi connectivity index (χ3n) is 2.40. The lowest BCUT2D eigenvalue weighted by Gasteiger charge is -2.05. The van der Waals surface area contributed by atoms with E-state index in [1.807, 2.05) is 5.43 Å². The molecule has 1 aromatic heterocycles. The molecule has 1 amide bonds. The number of carbonyl (C=O) groups is 3. The average molecular weight is 300 g/mol. The fraction of sp³-hybridized carbons (Fsp3) is 0.455. The van der Waals surface area contributed by atoms with Crippen LogP contribution in [0, 0.1) is 6.92 Å². The van der Waals surface area contributed by atoms with Crippen molar-refractivity contribution < 1.29 is 19.1 Å². The molecular formula is C11H16N4O4S. The summed E-state index contributed by atoms with van der Waals surface area (Å²) in [5, 5.41) is 4.34. The molecule has 0 saturated heterocycles. The summed E-state index contributed by atoms with van der Waals surface area (Å²) in [4.78, 5) is 34.9. The van der Waals surface area contributed by atoms with Gasteiger partial charge in [-0.2, -0.15) is 9.78 Å². The largest absolute Gasteiger partial charge is 0.462 e. The first-order chi connectivity index (χ1) is 9.46. The Labute approximate surface area is 120 Å². The SMILES string of the molecule is CCOC(=O)c1c(C)nn(C(=O)CC(=O)NN)c1SC. The molecule has 3 N–H and O–H groups in total. The first kappa shape index (κ1) is 16.2. The monoisotopic (exact) mass is 300 g/mol. The van der Waals surface area contributed by atoms with E-state index >= 15 is 0 Å². The Kier molecular flexibility index (Phi) is 5.71. The number of ether oxygens (including phenoxy) is 1. The molecule has 1 rings (SSSR count). The van der Waals surface area contributed by atoms with Crippen LogP contribution in [0.1, 0.15) is 34.2 Å². The van der Waals surface area contributed by atoms with E-state index < -0.39 is 24.2 Å². The summed E-state index contributed by atoms with van der Waals surface area (Å²) in [6.45, 7) is 3.51. The van der Waals surface area contributed by atoms with Crippen LogP contribution < -0.4 is 11.3 Å². The van der Waals surface area contributed by atoms with Gasteiger partial charge >= 0.3 is 5.97 Å². The number of nitrogens with zero attached hydrogens (tertiary/aromatic N) is 2. The molecule has 9 heteroatoms. The van der Waals surface area contributed by atoms with E-state index in [2.05, 4.69) is 5.10 Å². The minimum Gasteiger partial charge on any atom is -0.462 e. The first-order valence-electron chi connectivity index (χ1n) is 5.79. The number of hydrogen-bond acceptors (Lipinski definition) is 7. The Morgan fingerprint density at radius 1 is 1.45 bits per heavy atom. The number of hydrazine groups is 1. The number of carbonyl (C=O) groups excluding carboxylic acids is 3. The normalized spacial score (nSPS) is 10.2. The van der Waals surface area contributed by atoms with Crippen LogP contribution in [0.5, 0.6) is 0 Å². The van der Waals surface area contributed by atoms with Crippen molar-refractivity contribution in [3.8, 4) is 0 Å². The van der Waals surface area contributed by atoms with E-state index in [1.54, 1.807) is 20.1 Å². The molecule has 0 unspecified atom stereocenters. The van der Waals surface area contributed by atoms with Crippen LogP contribution in [-0.2, 0) is 9.53 Å². The van der Waals surface area contributed by atoms with Gasteiger partial charge in [-0.05, 0) is 20.1 Å². The molecule has 0 spiro atoms. The third-order valence-corrected chi connectivity index (χ3v) is 3.16. The highest BCUT2D eigenvalue weighted by molar-refractivity contribution is 7.98. The van der Waals surface area contributed by atoms with Crippen LogP contribution in [0.15, 0.2) is 5.03 Å². The van der Waals surface area contributed by atoms with Gasteiger partial charge in [0, 0.05) is 0 Å². The lowest BCUT2D eigenvalue weighted by molar-refractivity contribution is -0.120. The van der Waals surface area contributed by atoms with Gasteiger partial charge < -0.3 is 4.74 Å². The Hall–Kier alpha value is -1.87. The number of aromatic nitrogens is 2. The molecule has 0 radical (unpaired) electrons. The maximum atomic E-state index is 12.0. The van der Waals surface area contributed by atoms with E-state index in [0.717, 1.165) is 4.68 Å². The van der Waals surface area contributed by atoms with Crippen LogP contribution >= 0.6 is 11.8 Å². The van der Waals surface area contributed by atoms with Crippen molar-refractivity contribution in [3.63, 3.8) is 0 Å². The number of aryl methyl sites for hydroxylation is 1. The molecule has 110 valence electrons. The van der Waals surface area contributed by atoms with Gasteiger partial charge in [-0.3, -0.25) is 15.0 Å². The maximum absolute atomic E-state index is 12.0. The molecule has 1 heterocycles. The first-order valence-corrected chi connectivity index (χ1v) is 7.02. The summed E-state index contributed by atoms with van der Waals surface area (Å²) in [5.74, 6) is 3.18. The summed E-state index contributed by atoms with van der Waals surface area (Å²) in [6, 6.07) is 0. The Morgan fingerprint density at radius 3 is 2.60 bits per heavy atom. The summed E-state index contributed by atoms with van der Waals surface area (Å²) < 4.78 is 5.96. The van der Waals surface area contributed by atoms with Crippen molar-refractivity contribution in [1.82, 2.24) is 15.2 Å². The number of esters is 1. The molecule has 0 aromatic carbocycles. The van der Waals surface area contributed by atoms with E-state index in [4.69, 9.17) is 10.6 Å². The van der Waals surface area contributed by atoms with Gasteiger partial charge in [0.25, 0.3) is 5.91 Å². The molecule has 0 aliphatic carbocycles. The zero-order valence-corrected chi connectivity index (χ0v) is 12.2. The topological polar surface area (TPSA) is 116 Å². The molecule has 0 saturated carbocycles. The van der Waals surface area contributed by atoms with E-state index in [1.165, 1.54) is 11.8 Å². The fourth-order valence-electron chi connectivity index (χ4n) is 1.57. The standard InChI is InChI=1S/C11H16N4O4S/c1-4-19-11(18)9-6(2)14-15(10(9)20-3)8(17)5-7(16)13-12/h4-5,12H2,1-3H3,(H,13,16). The second-order valence-corrected chi connectivity index (χ2v) is 4.53. The molecule has 20 heavy (non-hydrogen) atoms. The van der Waals surface area contributed by atoms with E-state index in [-0.39, 0.29) is 12.2 Å². The Bertz CT molecular complexity index is 541. The number of nitrogens with two attached hydrogens (primary N) is 1.